The molecule has 0 radical (unpaired) electrons. The first-order valence-electron chi connectivity index (χ1n) is 5.78. The van der Waals surface area contributed by atoms with Crippen LogP contribution in [0.5, 0.6) is 0 Å². The molecule has 0 aliphatic rings. The molecule has 0 aliphatic carbocycles. The largest absolute Gasteiger partial charge is 0.379 e. The highest BCUT2D eigenvalue weighted by molar-refractivity contribution is 5.48. The summed E-state index contributed by atoms with van der Waals surface area (Å²) in [6.45, 7) is 2.12. The number of halogens is 2. The lowest BCUT2D eigenvalue weighted by molar-refractivity contribution is 0.624. The van der Waals surface area contributed by atoms with E-state index < -0.39 is 5.82 Å². The average Bonchev–Trinajstić information content (AvgIpc) is 2.39. The van der Waals surface area contributed by atoms with Crippen molar-refractivity contribution < 1.29 is 8.78 Å². The minimum atomic E-state index is -0.472. The molecule has 4 heteroatoms. The number of hydrogen-bond donors (Lipinski definition) is 1. The van der Waals surface area contributed by atoms with E-state index in [0.717, 1.165) is 11.6 Å². The maximum absolute atomic E-state index is 13.5. The minimum absolute atomic E-state index is 0.251. The smallest absolute Gasteiger partial charge is 0.146 e. The van der Waals surface area contributed by atoms with Crippen molar-refractivity contribution in [2.24, 2.45) is 0 Å². The van der Waals surface area contributed by atoms with E-state index in [1.165, 1.54) is 12.1 Å². The molecule has 2 rings (SSSR count). The molecule has 19 heavy (non-hydrogen) atoms. The van der Waals surface area contributed by atoms with Crippen molar-refractivity contribution in [3.8, 4) is 6.07 Å². The first kappa shape index (κ1) is 13.0. The number of anilines is 1. The van der Waals surface area contributed by atoms with Crippen LogP contribution >= 0.6 is 0 Å². The molecule has 0 aliphatic heterocycles. The SMILES string of the molecule is Cc1ccc(F)c(NCc2cc(F)cc(C#N)c2)c1. The lowest BCUT2D eigenvalue weighted by atomic mass is 10.1. The van der Waals surface area contributed by atoms with Gasteiger partial charge in [0, 0.05) is 6.54 Å². The number of nitrogens with zero attached hydrogens (tertiary/aromatic N) is 1. The Kier molecular flexibility index (Phi) is 3.76. The van der Waals surface area contributed by atoms with Crippen LogP contribution in [0, 0.1) is 29.9 Å². The topological polar surface area (TPSA) is 35.8 Å². The van der Waals surface area contributed by atoms with E-state index >= 15 is 0 Å². The van der Waals surface area contributed by atoms with Crippen LogP contribution in [0.15, 0.2) is 36.4 Å². The van der Waals surface area contributed by atoms with Gasteiger partial charge in [-0.3, -0.25) is 0 Å². The van der Waals surface area contributed by atoms with Gasteiger partial charge < -0.3 is 5.32 Å². The van der Waals surface area contributed by atoms with E-state index in [-0.39, 0.29) is 17.9 Å². The highest BCUT2D eigenvalue weighted by Gasteiger charge is 2.04. The van der Waals surface area contributed by atoms with Gasteiger partial charge in [-0.15, -0.1) is 0 Å². The van der Waals surface area contributed by atoms with Gasteiger partial charge in [0.1, 0.15) is 11.6 Å². The first-order valence-corrected chi connectivity index (χ1v) is 5.78. The summed E-state index contributed by atoms with van der Waals surface area (Å²) in [5, 5.41) is 11.7. The van der Waals surface area contributed by atoms with E-state index in [1.807, 2.05) is 13.0 Å². The lowest BCUT2D eigenvalue weighted by Gasteiger charge is -2.09. The predicted molar refractivity (Wildman–Crippen MR) is 69.6 cm³/mol. The Morgan fingerprint density at radius 1 is 1.16 bits per heavy atom. The quantitative estimate of drug-likeness (QED) is 0.909. The summed E-state index contributed by atoms with van der Waals surface area (Å²) in [6.07, 6.45) is 0. The van der Waals surface area contributed by atoms with Crippen molar-refractivity contribution in [2.75, 3.05) is 5.32 Å². The maximum Gasteiger partial charge on any atom is 0.146 e. The van der Waals surface area contributed by atoms with Crippen molar-refractivity contribution in [3.63, 3.8) is 0 Å². The third kappa shape index (κ3) is 3.29. The Morgan fingerprint density at radius 3 is 2.68 bits per heavy atom. The number of hydrogen-bond acceptors (Lipinski definition) is 2. The van der Waals surface area contributed by atoms with Crippen LogP contribution in [0.4, 0.5) is 14.5 Å². The number of aryl methyl sites for hydroxylation is 1. The molecular weight excluding hydrogens is 246 g/mol. The second-order valence-corrected chi connectivity index (χ2v) is 4.30. The summed E-state index contributed by atoms with van der Waals surface area (Å²) >= 11 is 0. The van der Waals surface area contributed by atoms with Crippen LogP contribution in [-0.4, -0.2) is 0 Å². The Morgan fingerprint density at radius 2 is 1.95 bits per heavy atom. The van der Waals surface area contributed by atoms with Crippen molar-refractivity contribution in [3.05, 3.63) is 64.7 Å². The second kappa shape index (κ2) is 5.49. The summed E-state index contributed by atoms with van der Waals surface area (Å²) in [6, 6.07) is 10.7. The molecule has 2 aromatic carbocycles. The molecular formula is C15H12F2N2. The lowest BCUT2D eigenvalue weighted by Crippen LogP contribution is -2.02. The fourth-order valence-electron chi connectivity index (χ4n) is 1.79. The summed E-state index contributed by atoms with van der Waals surface area (Å²) in [5.74, 6) is -0.830. The van der Waals surface area contributed by atoms with Crippen molar-refractivity contribution >= 4 is 5.69 Å². The van der Waals surface area contributed by atoms with Crippen molar-refractivity contribution in [2.45, 2.75) is 13.5 Å². The fraction of sp³-hybridized carbons (Fsp3) is 0.133. The minimum Gasteiger partial charge on any atom is -0.379 e. The van der Waals surface area contributed by atoms with Gasteiger partial charge in [-0.05, 0) is 48.4 Å². The maximum atomic E-state index is 13.5. The molecule has 0 saturated carbocycles. The van der Waals surface area contributed by atoms with Crippen LogP contribution in [0.3, 0.4) is 0 Å². The molecule has 0 aromatic heterocycles. The third-order valence-electron chi connectivity index (χ3n) is 2.69. The van der Waals surface area contributed by atoms with Crippen LogP contribution in [-0.2, 0) is 6.54 Å². The molecule has 2 aromatic rings. The van der Waals surface area contributed by atoms with Gasteiger partial charge in [0.2, 0.25) is 0 Å². The molecule has 0 spiro atoms. The van der Waals surface area contributed by atoms with Gasteiger partial charge in [-0.2, -0.15) is 5.26 Å². The molecule has 2 nitrogen and oxygen atoms in total. The number of nitriles is 1. The van der Waals surface area contributed by atoms with E-state index in [4.69, 9.17) is 5.26 Å². The van der Waals surface area contributed by atoms with Crippen molar-refractivity contribution in [1.82, 2.24) is 0 Å². The van der Waals surface area contributed by atoms with E-state index in [0.29, 0.717) is 11.3 Å². The summed E-state index contributed by atoms with van der Waals surface area (Å²) < 4.78 is 26.7. The highest BCUT2D eigenvalue weighted by atomic mass is 19.1. The van der Waals surface area contributed by atoms with Gasteiger partial charge >= 0.3 is 0 Å². The average molecular weight is 258 g/mol. The normalized spacial score (nSPS) is 10.0. The zero-order valence-electron chi connectivity index (χ0n) is 10.4. The first-order chi connectivity index (χ1) is 9.08. The van der Waals surface area contributed by atoms with Crippen LogP contribution in [0.2, 0.25) is 0 Å². The van der Waals surface area contributed by atoms with Crippen LogP contribution in [0.25, 0.3) is 0 Å². The Balaban J connectivity index is 2.17. The van der Waals surface area contributed by atoms with Crippen LogP contribution < -0.4 is 5.32 Å². The molecule has 0 unspecified atom stereocenters. The Bertz CT molecular complexity index is 645. The van der Waals surface area contributed by atoms with Gasteiger partial charge in [0.05, 0.1) is 17.3 Å². The van der Waals surface area contributed by atoms with Gasteiger partial charge in [-0.1, -0.05) is 6.07 Å². The van der Waals surface area contributed by atoms with Gasteiger partial charge in [0.15, 0.2) is 0 Å². The van der Waals surface area contributed by atoms with E-state index in [1.54, 1.807) is 18.2 Å². The standard InChI is InChI=1S/C15H12F2N2/c1-10-2-3-14(17)15(4-10)19-9-12-5-11(8-18)6-13(16)7-12/h2-7,19H,9H2,1H3. The third-order valence-corrected chi connectivity index (χ3v) is 2.69. The molecule has 0 fully saturated rings. The summed E-state index contributed by atoms with van der Waals surface area (Å²) in [5.41, 5.74) is 2.14. The molecule has 0 saturated heterocycles. The Hall–Kier alpha value is -2.41. The zero-order valence-corrected chi connectivity index (χ0v) is 10.4. The molecule has 96 valence electrons. The van der Waals surface area contributed by atoms with Crippen molar-refractivity contribution in [1.29, 1.82) is 5.26 Å². The molecule has 1 N–H and O–H groups in total. The Labute approximate surface area is 110 Å². The monoisotopic (exact) mass is 258 g/mol. The zero-order chi connectivity index (χ0) is 13.8. The van der Waals surface area contributed by atoms with E-state index in [9.17, 15) is 8.78 Å². The molecule has 0 atom stereocenters. The summed E-state index contributed by atoms with van der Waals surface area (Å²) in [4.78, 5) is 0. The number of benzene rings is 2. The summed E-state index contributed by atoms with van der Waals surface area (Å²) in [7, 11) is 0. The van der Waals surface area contributed by atoms with E-state index in [2.05, 4.69) is 5.32 Å². The fourth-order valence-corrected chi connectivity index (χ4v) is 1.79. The predicted octanol–water partition coefficient (Wildman–Crippen LogP) is 3.76. The number of rotatable bonds is 3. The second-order valence-electron chi connectivity index (χ2n) is 4.30. The highest BCUT2D eigenvalue weighted by Crippen LogP contribution is 2.17. The molecule has 0 bridgehead atoms. The van der Waals surface area contributed by atoms with Gasteiger partial charge in [0.25, 0.3) is 0 Å². The van der Waals surface area contributed by atoms with Gasteiger partial charge in [-0.25, -0.2) is 8.78 Å². The van der Waals surface area contributed by atoms with Crippen LogP contribution in [0.1, 0.15) is 16.7 Å². The molecule has 0 amide bonds. The molecule has 0 heterocycles. The number of nitrogens with one attached hydrogen (secondary N) is 1.